The number of piperidine rings is 1. The van der Waals surface area contributed by atoms with Crippen molar-refractivity contribution in [3.05, 3.63) is 24.3 Å². The third-order valence-electron chi connectivity index (χ3n) is 4.45. The lowest BCUT2D eigenvalue weighted by Gasteiger charge is -2.31. The van der Waals surface area contributed by atoms with Crippen molar-refractivity contribution in [2.75, 3.05) is 18.0 Å². The largest absolute Gasteiger partial charge is 0.573 e. The van der Waals surface area contributed by atoms with E-state index in [2.05, 4.69) is 10.1 Å². The summed E-state index contributed by atoms with van der Waals surface area (Å²) < 4.78 is 40.3. The predicted molar refractivity (Wildman–Crippen MR) is 75.8 cm³/mol. The Labute approximate surface area is 131 Å². The smallest absolute Gasteiger partial charge is 0.406 e. The zero-order chi connectivity index (χ0) is 16.7. The lowest BCUT2D eigenvalue weighted by atomic mass is 9.77. The summed E-state index contributed by atoms with van der Waals surface area (Å²) in [6.07, 6.45) is -4.09. The molecule has 1 unspecified atom stereocenters. The van der Waals surface area contributed by atoms with Crippen molar-refractivity contribution in [2.24, 2.45) is 5.41 Å². The number of aliphatic hydroxyl groups excluding tert-OH is 1. The molecule has 1 amide bonds. The summed E-state index contributed by atoms with van der Waals surface area (Å²) in [5.41, 5.74) is -0.210. The molecular weight excluding hydrogens is 313 g/mol. The van der Waals surface area contributed by atoms with Gasteiger partial charge in [0.1, 0.15) is 12.0 Å². The molecule has 2 N–H and O–H groups in total. The van der Waals surface area contributed by atoms with Gasteiger partial charge in [0, 0.05) is 12.1 Å². The second kappa shape index (κ2) is 5.68. The summed E-state index contributed by atoms with van der Waals surface area (Å²) in [5, 5.41) is 13.4. The highest BCUT2D eigenvalue weighted by atomic mass is 19.4. The summed E-state index contributed by atoms with van der Waals surface area (Å²) in [7, 11) is 0. The number of nitrogens with one attached hydrogen (secondary N) is 1. The van der Waals surface area contributed by atoms with E-state index in [1.165, 1.54) is 17.0 Å². The molecule has 8 heteroatoms. The number of rotatable bonds is 2. The van der Waals surface area contributed by atoms with Crippen LogP contribution >= 0.6 is 0 Å². The quantitative estimate of drug-likeness (QED) is 0.871. The highest BCUT2D eigenvalue weighted by Gasteiger charge is 2.51. The molecule has 1 aromatic rings. The van der Waals surface area contributed by atoms with Crippen LogP contribution in [-0.4, -0.2) is 36.7 Å². The molecule has 2 heterocycles. The van der Waals surface area contributed by atoms with E-state index in [4.69, 9.17) is 0 Å². The Morgan fingerprint density at radius 3 is 2.39 bits per heavy atom. The number of anilines is 1. The first-order valence-corrected chi connectivity index (χ1v) is 7.39. The van der Waals surface area contributed by atoms with E-state index in [9.17, 15) is 23.1 Å². The fraction of sp³-hybridized carbons (Fsp3) is 0.533. The number of carbonyl (C=O) groups excluding carboxylic acids is 1. The summed E-state index contributed by atoms with van der Waals surface area (Å²) in [6.45, 7) is 1.43. The van der Waals surface area contributed by atoms with Crippen LogP contribution in [0.2, 0.25) is 0 Å². The van der Waals surface area contributed by atoms with Gasteiger partial charge in [0.15, 0.2) is 0 Å². The predicted octanol–water partition coefficient (Wildman–Crippen LogP) is 2.01. The number of halogens is 3. The number of amides is 1. The topological polar surface area (TPSA) is 61.8 Å². The summed E-state index contributed by atoms with van der Waals surface area (Å²) in [6, 6.07) is 4.97. The first kappa shape index (κ1) is 16.1. The number of benzene rings is 1. The first-order valence-electron chi connectivity index (χ1n) is 7.39. The lowest BCUT2D eigenvalue weighted by Crippen LogP contribution is -2.43. The van der Waals surface area contributed by atoms with Crippen LogP contribution < -0.4 is 15.0 Å². The van der Waals surface area contributed by atoms with Gasteiger partial charge in [0.05, 0.1) is 5.41 Å². The maximum absolute atomic E-state index is 12.7. The van der Waals surface area contributed by atoms with Crippen LogP contribution in [-0.2, 0) is 4.79 Å². The minimum atomic E-state index is -4.76. The van der Waals surface area contributed by atoms with Crippen molar-refractivity contribution in [1.82, 2.24) is 5.32 Å². The van der Waals surface area contributed by atoms with Crippen molar-refractivity contribution in [2.45, 2.75) is 31.9 Å². The maximum atomic E-state index is 12.7. The molecule has 2 saturated heterocycles. The molecule has 3 rings (SSSR count). The highest BCUT2D eigenvalue weighted by molar-refractivity contribution is 6.00. The molecule has 0 saturated carbocycles. The fourth-order valence-electron chi connectivity index (χ4n) is 3.34. The minimum Gasteiger partial charge on any atom is -0.406 e. The van der Waals surface area contributed by atoms with Crippen LogP contribution in [0.15, 0.2) is 24.3 Å². The summed E-state index contributed by atoms with van der Waals surface area (Å²) in [4.78, 5) is 14.0. The number of carbonyl (C=O) groups is 1. The third kappa shape index (κ3) is 3.13. The van der Waals surface area contributed by atoms with Crippen molar-refractivity contribution >= 4 is 11.6 Å². The average molecular weight is 330 g/mol. The van der Waals surface area contributed by atoms with Gasteiger partial charge in [-0.25, -0.2) is 0 Å². The van der Waals surface area contributed by atoms with E-state index in [1.807, 2.05) is 0 Å². The van der Waals surface area contributed by atoms with Gasteiger partial charge in [-0.2, -0.15) is 0 Å². The van der Waals surface area contributed by atoms with Crippen LogP contribution in [0.4, 0.5) is 18.9 Å². The Kier molecular flexibility index (Phi) is 3.97. The van der Waals surface area contributed by atoms with E-state index in [0.717, 1.165) is 12.1 Å². The minimum absolute atomic E-state index is 0.170. The molecule has 2 aliphatic rings. The van der Waals surface area contributed by atoms with Gasteiger partial charge in [-0.1, -0.05) is 0 Å². The zero-order valence-corrected chi connectivity index (χ0v) is 12.3. The molecular formula is C15H17F3N2O3. The SMILES string of the molecule is O=C1N(c2ccc(OC(F)(F)F)cc2)C(O)CC12CCNCC2. The van der Waals surface area contributed by atoms with E-state index in [0.29, 0.717) is 38.0 Å². The van der Waals surface area contributed by atoms with Crippen molar-refractivity contribution in [3.8, 4) is 5.75 Å². The molecule has 126 valence electrons. The number of hydrogen-bond acceptors (Lipinski definition) is 4. The van der Waals surface area contributed by atoms with Crippen LogP contribution in [0.3, 0.4) is 0 Å². The maximum Gasteiger partial charge on any atom is 0.573 e. The molecule has 1 aromatic carbocycles. The Balaban J connectivity index is 1.80. The Morgan fingerprint density at radius 2 is 1.83 bits per heavy atom. The van der Waals surface area contributed by atoms with Crippen LogP contribution in [0, 0.1) is 5.41 Å². The average Bonchev–Trinajstić information content (AvgIpc) is 2.70. The lowest BCUT2D eigenvalue weighted by molar-refractivity contribution is -0.274. The van der Waals surface area contributed by atoms with Gasteiger partial charge >= 0.3 is 6.36 Å². The van der Waals surface area contributed by atoms with Crippen molar-refractivity contribution in [1.29, 1.82) is 0 Å². The van der Waals surface area contributed by atoms with Gasteiger partial charge in [0.2, 0.25) is 5.91 Å². The Morgan fingerprint density at radius 1 is 1.22 bits per heavy atom. The number of alkyl halides is 3. The highest BCUT2D eigenvalue weighted by Crippen LogP contribution is 2.44. The molecule has 0 aliphatic carbocycles. The first-order chi connectivity index (χ1) is 10.8. The molecule has 2 fully saturated rings. The molecule has 0 radical (unpaired) electrons. The molecule has 0 bridgehead atoms. The summed E-state index contributed by atoms with van der Waals surface area (Å²) in [5.74, 6) is -0.532. The summed E-state index contributed by atoms with van der Waals surface area (Å²) >= 11 is 0. The fourth-order valence-corrected chi connectivity index (χ4v) is 3.34. The standard InChI is InChI=1S/C15H17F3N2O3/c16-15(17,18)23-11-3-1-10(2-4-11)20-12(21)9-14(13(20)22)5-7-19-8-6-14/h1-4,12,19,21H,5-9H2. The molecule has 0 aromatic heterocycles. The van der Waals surface area contributed by atoms with E-state index in [1.54, 1.807) is 0 Å². The molecule has 1 spiro atoms. The van der Waals surface area contributed by atoms with Gasteiger partial charge < -0.3 is 15.2 Å². The van der Waals surface area contributed by atoms with E-state index < -0.39 is 18.0 Å². The monoisotopic (exact) mass is 330 g/mol. The van der Waals surface area contributed by atoms with E-state index in [-0.39, 0.29) is 11.7 Å². The second-order valence-electron chi connectivity index (χ2n) is 5.93. The van der Waals surface area contributed by atoms with Gasteiger partial charge in [-0.15, -0.1) is 13.2 Å². The molecule has 5 nitrogen and oxygen atoms in total. The number of hydrogen-bond donors (Lipinski definition) is 2. The van der Waals surface area contributed by atoms with Crippen LogP contribution in [0.25, 0.3) is 0 Å². The molecule has 1 atom stereocenters. The Hall–Kier alpha value is -1.80. The number of nitrogens with zero attached hydrogens (tertiary/aromatic N) is 1. The van der Waals surface area contributed by atoms with Gasteiger partial charge in [-0.05, 0) is 50.2 Å². The zero-order valence-electron chi connectivity index (χ0n) is 12.3. The second-order valence-corrected chi connectivity index (χ2v) is 5.93. The molecule has 23 heavy (non-hydrogen) atoms. The molecule has 2 aliphatic heterocycles. The van der Waals surface area contributed by atoms with E-state index >= 15 is 0 Å². The number of ether oxygens (including phenoxy) is 1. The van der Waals surface area contributed by atoms with Crippen molar-refractivity contribution in [3.63, 3.8) is 0 Å². The normalized spacial score (nSPS) is 24.3. The van der Waals surface area contributed by atoms with Crippen LogP contribution in [0.5, 0.6) is 5.75 Å². The van der Waals surface area contributed by atoms with Crippen LogP contribution in [0.1, 0.15) is 19.3 Å². The Bertz CT molecular complexity index is 583. The van der Waals surface area contributed by atoms with Crippen molar-refractivity contribution < 1.29 is 27.8 Å². The van der Waals surface area contributed by atoms with Gasteiger partial charge in [-0.3, -0.25) is 9.69 Å². The number of aliphatic hydroxyl groups is 1. The third-order valence-corrected chi connectivity index (χ3v) is 4.45. The van der Waals surface area contributed by atoms with Gasteiger partial charge in [0.25, 0.3) is 0 Å².